The highest BCUT2D eigenvalue weighted by molar-refractivity contribution is 6.18. The predicted octanol–water partition coefficient (Wildman–Crippen LogP) is 3.58. The Labute approximate surface area is 103 Å². The Morgan fingerprint density at radius 2 is 1.88 bits per heavy atom. The van der Waals surface area contributed by atoms with Crippen LogP contribution in [-0.2, 0) is 16.6 Å². The average molecular weight is 239 g/mol. The molecular formula is C14H19ClO. The summed E-state index contributed by atoms with van der Waals surface area (Å²) in [5.41, 5.74) is 2.45. The standard InChI is InChI=1S/C14H19ClO/c1-11(9-16)8-12-4-6-13(7-5-12)14(2,3)10-15/h4-7,9,11H,8,10H2,1-3H3. The summed E-state index contributed by atoms with van der Waals surface area (Å²) >= 11 is 5.93. The van der Waals surface area contributed by atoms with Crippen molar-refractivity contribution < 1.29 is 4.79 Å². The van der Waals surface area contributed by atoms with E-state index in [-0.39, 0.29) is 11.3 Å². The number of halogens is 1. The average Bonchev–Trinajstić information content (AvgIpc) is 2.29. The Kier molecular flexibility index (Phi) is 4.55. The molecule has 1 atom stereocenters. The highest BCUT2D eigenvalue weighted by Gasteiger charge is 2.18. The lowest BCUT2D eigenvalue weighted by Gasteiger charge is -2.22. The van der Waals surface area contributed by atoms with Crippen molar-refractivity contribution in [2.45, 2.75) is 32.6 Å². The molecule has 0 aliphatic rings. The first-order chi connectivity index (χ1) is 7.49. The van der Waals surface area contributed by atoms with Crippen molar-refractivity contribution in [1.82, 2.24) is 0 Å². The van der Waals surface area contributed by atoms with Crippen molar-refractivity contribution in [1.29, 1.82) is 0 Å². The normalized spacial score (nSPS) is 13.5. The molecule has 1 nitrogen and oxygen atoms in total. The molecule has 0 heterocycles. The molecule has 0 saturated heterocycles. The molecule has 1 rings (SSSR count). The van der Waals surface area contributed by atoms with Crippen LogP contribution in [0.4, 0.5) is 0 Å². The fourth-order valence-electron chi connectivity index (χ4n) is 1.59. The van der Waals surface area contributed by atoms with Crippen LogP contribution in [0.3, 0.4) is 0 Å². The zero-order valence-electron chi connectivity index (χ0n) is 10.2. The van der Waals surface area contributed by atoms with Gasteiger partial charge in [-0.1, -0.05) is 45.0 Å². The third-order valence-corrected chi connectivity index (χ3v) is 3.53. The molecule has 2 heteroatoms. The third-order valence-electron chi connectivity index (χ3n) is 2.86. The van der Waals surface area contributed by atoms with Crippen LogP contribution in [0.1, 0.15) is 31.9 Å². The van der Waals surface area contributed by atoms with Crippen LogP contribution in [0.2, 0.25) is 0 Å². The highest BCUT2D eigenvalue weighted by atomic mass is 35.5. The zero-order valence-corrected chi connectivity index (χ0v) is 10.9. The summed E-state index contributed by atoms with van der Waals surface area (Å²) in [6.45, 7) is 6.19. The fourth-order valence-corrected chi connectivity index (χ4v) is 1.74. The van der Waals surface area contributed by atoms with Crippen LogP contribution in [0.5, 0.6) is 0 Å². The Morgan fingerprint density at radius 3 is 2.31 bits per heavy atom. The second kappa shape index (κ2) is 5.49. The van der Waals surface area contributed by atoms with Crippen molar-refractivity contribution in [3.8, 4) is 0 Å². The molecule has 1 aromatic carbocycles. The molecule has 0 saturated carbocycles. The largest absolute Gasteiger partial charge is 0.303 e. The van der Waals surface area contributed by atoms with E-state index < -0.39 is 0 Å². The molecular weight excluding hydrogens is 220 g/mol. The van der Waals surface area contributed by atoms with Crippen LogP contribution < -0.4 is 0 Å². The number of hydrogen-bond donors (Lipinski definition) is 0. The number of aldehydes is 1. The molecule has 0 radical (unpaired) electrons. The van der Waals surface area contributed by atoms with E-state index in [9.17, 15) is 4.79 Å². The van der Waals surface area contributed by atoms with Crippen molar-refractivity contribution >= 4 is 17.9 Å². The quantitative estimate of drug-likeness (QED) is 0.566. The molecule has 0 N–H and O–H groups in total. The highest BCUT2D eigenvalue weighted by Crippen LogP contribution is 2.25. The number of rotatable bonds is 5. The molecule has 0 bridgehead atoms. The summed E-state index contributed by atoms with van der Waals surface area (Å²) in [5, 5.41) is 0. The lowest BCUT2D eigenvalue weighted by Crippen LogP contribution is -2.18. The van der Waals surface area contributed by atoms with Crippen LogP contribution in [0.15, 0.2) is 24.3 Å². The molecule has 88 valence electrons. The van der Waals surface area contributed by atoms with E-state index in [4.69, 9.17) is 11.6 Å². The Morgan fingerprint density at radius 1 is 1.31 bits per heavy atom. The van der Waals surface area contributed by atoms with Crippen molar-refractivity contribution in [3.05, 3.63) is 35.4 Å². The fraction of sp³-hybridized carbons (Fsp3) is 0.500. The molecule has 0 fully saturated rings. The molecule has 0 aliphatic carbocycles. The Bertz CT molecular complexity index is 340. The molecule has 1 unspecified atom stereocenters. The zero-order chi connectivity index (χ0) is 12.2. The summed E-state index contributed by atoms with van der Waals surface area (Å²) < 4.78 is 0. The molecule has 0 aliphatic heterocycles. The summed E-state index contributed by atoms with van der Waals surface area (Å²) in [4.78, 5) is 10.6. The predicted molar refractivity (Wildman–Crippen MR) is 69.1 cm³/mol. The van der Waals surface area contributed by atoms with Gasteiger partial charge < -0.3 is 4.79 Å². The number of carbonyl (C=O) groups excluding carboxylic acids is 1. The minimum Gasteiger partial charge on any atom is -0.303 e. The maximum Gasteiger partial charge on any atom is 0.123 e. The van der Waals surface area contributed by atoms with Crippen molar-refractivity contribution in [2.75, 3.05) is 5.88 Å². The second-order valence-electron chi connectivity index (χ2n) is 5.03. The minimum atomic E-state index is 0.0103. The lowest BCUT2D eigenvalue weighted by molar-refractivity contribution is -0.110. The molecule has 16 heavy (non-hydrogen) atoms. The summed E-state index contributed by atoms with van der Waals surface area (Å²) in [6.07, 6.45) is 1.81. The number of hydrogen-bond acceptors (Lipinski definition) is 1. The van der Waals surface area contributed by atoms with Crippen LogP contribution >= 0.6 is 11.6 Å². The molecule has 0 aromatic heterocycles. The third kappa shape index (κ3) is 3.34. The van der Waals surface area contributed by atoms with Crippen LogP contribution in [0, 0.1) is 5.92 Å². The van der Waals surface area contributed by atoms with Crippen LogP contribution in [-0.4, -0.2) is 12.2 Å². The van der Waals surface area contributed by atoms with E-state index >= 15 is 0 Å². The van der Waals surface area contributed by atoms with Gasteiger partial charge in [-0.3, -0.25) is 0 Å². The van der Waals surface area contributed by atoms with Gasteiger partial charge in [0.15, 0.2) is 0 Å². The summed E-state index contributed by atoms with van der Waals surface area (Å²) in [7, 11) is 0. The van der Waals surface area contributed by atoms with Gasteiger partial charge in [0, 0.05) is 17.2 Å². The number of alkyl halides is 1. The lowest BCUT2D eigenvalue weighted by atomic mass is 9.86. The first kappa shape index (κ1) is 13.2. The SMILES string of the molecule is CC(C=O)Cc1ccc(C(C)(C)CCl)cc1. The number of carbonyl (C=O) groups is 1. The Balaban J connectivity index is 2.79. The molecule has 0 amide bonds. The van der Waals surface area contributed by atoms with Crippen molar-refractivity contribution in [3.63, 3.8) is 0 Å². The smallest absolute Gasteiger partial charge is 0.123 e. The van der Waals surface area contributed by atoms with E-state index in [1.54, 1.807) is 0 Å². The van der Waals surface area contributed by atoms with Gasteiger partial charge in [-0.25, -0.2) is 0 Å². The van der Waals surface area contributed by atoms with E-state index in [1.165, 1.54) is 11.1 Å². The first-order valence-corrected chi connectivity index (χ1v) is 6.13. The van der Waals surface area contributed by atoms with Gasteiger partial charge in [0.1, 0.15) is 6.29 Å². The van der Waals surface area contributed by atoms with Gasteiger partial charge in [0.25, 0.3) is 0 Å². The molecule has 0 spiro atoms. The Hall–Kier alpha value is -0.820. The monoisotopic (exact) mass is 238 g/mol. The van der Waals surface area contributed by atoms with E-state index in [0.29, 0.717) is 5.88 Å². The van der Waals surface area contributed by atoms with E-state index in [0.717, 1.165) is 12.7 Å². The maximum absolute atomic E-state index is 10.6. The van der Waals surface area contributed by atoms with Gasteiger partial charge in [0.2, 0.25) is 0 Å². The topological polar surface area (TPSA) is 17.1 Å². The minimum absolute atomic E-state index is 0.0103. The van der Waals surface area contributed by atoms with Crippen LogP contribution in [0.25, 0.3) is 0 Å². The number of benzene rings is 1. The van der Waals surface area contributed by atoms with Gasteiger partial charge in [-0.15, -0.1) is 11.6 Å². The maximum atomic E-state index is 10.6. The van der Waals surface area contributed by atoms with Gasteiger partial charge in [-0.05, 0) is 17.5 Å². The van der Waals surface area contributed by atoms with E-state index in [2.05, 4.69) is 38.1 Å². The van der Waals surface area contributed by atoms with Gasteiger partial charge >= 0.3 is 0 Å². The van der Waals surface area contributed by atoms with Gasteiger partial charge in [-0.2, -0.15) is 0 Å². The second-order valence-corrected chi connectivity index (χ2v) is 5.30. The van der Waals surface area contributed by atoms with Crippen molar-refractivity contribution in [2.24, 2.45) is 5.92 Å². The molecule has 1 aromatic rings. The first-order valence-electron chi connectivity index (χ1n) is 5.60. The summed E-state index contributed by atoms with van der Waals surface area (Å²) in [5.74, 6) is 0.698. The summed E-state index contributed by atoms with van der Waals surface area (Å²) in [6, 6.07) is 8.39. The van der Waals surface area contributed by atoms with E-state index in [1.807, 2.05) is 6.92 Å². The van der Waals surface area contributed by atoms with Gasteiger partial charge in [0.05, 0.1) is 0 Å².